The minimum absolute atomic E-state index is 0.485. The van der Waals surface area contributed by atoms with Gasteiger partial charge in [-0.05, 0) is 12.1 Å². The number of benzene rings is 1. The van der Waals surface area contributed by atoms with Gasteiger partial charge in [0, 0.05) is 0 Å². The van der Waals surface area contributed by atoms with Crippen molar-refractivity contribution in [1.29, 1.82) is 0 Å². The Bertz CT molecular complexity index is 413. The lowest BCUT2D eigenvalue weighted by Crippen LogP contribution is -2.29. The molecule has 5 heteroatoms. The molecule has 1 saturated heterocycles. The monoisotopic (exact) mass is 190 g/mol. The Morgan fingerprint density at radius 3 is 2.36 bits per heavy atom. The molecular formula is C9H8N3O2+. The molecule has 70 valence electrons. The van der Waals surface area contributed by atoms with E-state index >= 15 is 0 Å². The van der Waals surface area contributed by atoms with Crippen LogP contribution in [0, 0.1) is 0 Å². The van der Waals surface area contributed by atoms with Gasteiger partial charge in [0.25, 0.3) is 0 Å². The van der Waals surface area contributed by atoms with Gasteiger partial charge in [-0.2, -0.15) is 4.79 Å². The van der Waals surface area contributed by atoms with Crippen molar-refractivity contribution in [3.63, 3.8) is 0 Å². The number of rotatable bonds is 1. The van der Waals surface area contributed by atoms with E-state index in [4.69, 9.17) is 0 Å². The molecule has 0 bridgehead atoms. The third kappa shape index (κ3) is 1.15. The summed E-state index contributed by atoms with van der Waals surface area (Å²) in [4.78, 5) is 23.8. The van der Waals surface area contributed by atoms with Crippen LogP contribution in [0.1, 0.15) is 0 Å². The summed E-state index contributed by atoms with van der Waals surface area (Å²) in [6, 6.07) is 7.69. The first-order valence-electron chi connectivity index (χ1n) is 4.00. The van der Waals surface area contributed by atoms with E-state index in [9.17, 15) is 9.59 Å². The number of hydrazine groups is 1. The second kappa shape index (κ2) is 2.95. The molecule has 4 amide bonds. The van der Waals surface area contributed by atoms with E-state index in [0.717, 1.165) is 9.58 Å². The summed E-state index contributed by atoms with van der Waals surface area (Å²) in [6.45, 7) is 3.35. The number of imide groups is 1. The molecule has 0 radical (unpaired) electrons. The van der Waals surface area contributed by atoms with E-state index in [1.165, 1.54) is 0 Å². The Labute approximate surface area is 80.2 Å². The van der Waals surface area contributed by atoms with Crippen LogP contribution in [0.15, 0.2) is 30.3 Å². The molecule has 2 rings (SSSR count). The smallest absolute Gasteiger partial charge is 0.216 e. The first kappa shape index (κ1) is 8.43. The van der Waals surface area contributed by atoms with Crippen LogP contribution < -0.4 is 10.3 Å². The van der Waals surface area contributed by atoms with Gasteiger partial charge < -0.3 is 0 Å². The molecule has 1 heterocycles. The van der Waals surface area contributed by atoms with Crippen molar-refractivity contribution in [2.24, 2.45) is 0 Å². The zero-order chi connectivity index (χ0) is 10.1. The van der Waals surface area contributed by atoms with Crippen LogP contribution in [-0.2, 0) is 0 Å². The fraction of sp³-hybridized carbons (Fsp3) is 0. The standard InChI is InChI=1S/C9H7N3O2/c1-11-9(14)12(8(13)10-11)7-5-3-2-4-6-7/h2-6H,1H2/p+1. The highest BCUT2D eigenvalue weighted by Crippen LogP contribution is 2.16. The molecule has 1 aliphatic rings. The number of hydrazone groups is 1. The minimum Gasteiger partial charge on any atom is -0.216 e. The van der Waals surface area contributed by atoms with Gasteiger partial charge in [0.15, 0.2) is 0 Å². The van der Waals surface area contributed by atoms with Crippen molar-refractivity contribution >= 4 is 24.5 Å². The molecular weight excluding hydrogens is 182 g/mol. The molecule has 0 unspecified atom stereocenters. The van der Waals surface area contributed by atoms with Gasteiger partial charge >= 0.3 is 12.1 Å². The number of hydrogen-bond donors (Lipinski definition) is 1. The number of nitrogens with one attached hydrogen (secondary N) is 1. The molecule has 14 heavy (non-hydrogen) atoms. The molecule has 1 aliphatic heterocycles. The van der Waals surface area contributed by atoms with Crippen molar-refractivity contribution in [3.8, 4) is 0 Å². The third-order valence-corrected chi connectivity index (χ3v) is 1.87. The number of hydrogen-bond acceptors (Lipinski definition) is 2. The molecule has 1 aromatic carbocycles. The van der Waals surface area contributed by atoms with Crippen molar-refractivity contribution < 1.29 is 14.3 Å². The number of para-hydroxylation sites is 1. The number of nitrogens with zero attached hydrogens (tertiary/aromatic N) is 2. The Morgan fingerprint density at radius 2 is 1.86 bits per heavy atom. The number of carbonyl (C=O) groups is 2. The van der Waals surface area contributed by atoms with Gasteiger partial charge in [-0.3, -0.25) is 0 Å². The van der Waals surface area contributed by atoms with Crippen LogP contribution in [0.3, 0.4) is 0 Å². The van der Waals surface area contributed by atoms with Gasteiger partial charge in [0.05, 0.1) is 6.72 Å². The molecule has 1 aromatic rings. The molecule has 0 aromatic heterocycles. The van der Waals surface area contributed by atoms with E-state index in [0.29, 0.717) is 5.69 Å². The lowest BCUT2D eigenvalue weighted by Gasteiger charge is -2.00. The molecule has 5 nitrogen and oxygen atoms in total. The van der Waals surface area contributed by atoms with Crippen molar-refractivity contribution in [2.45, 2.75) is 0 Å². The maximum atomic E-state index is 11.4. The Morgan fingerprint density at radius 1 is 1.21 bits per heavy atom. The van der Waals surface area contributed by atoms with Gasteiger partial charge in [0.1, 0.15) is 5.69 Å². The summed E-state index contributed by atoms with van der Waals surface area (Å²) in [5.41, 5.74) is 2.80. The molecule has 0 saturated carbocycles. The third-order valence-electron chi connectivity index (χ3n) is 1.87. The van der Waals surface area contributed by atoms with Crippen molar-refractivity contribution in [2.75, 3.05) is 4.90 Å². The topological polar surface area (TPSA) is 52.4 Å². The van der Waals surface area contributed by atoms with E-state index in [1.54, 1.807) is 24.3 Å². The first-order chi connectivity index (χ1) is 6.70. The van der Waals surface area contributed by atoms with Gasteiger partial charge in [0.2, 0.25) is 0 Å². The van der Waals surface area contributed by atoms with Crippen LogP contribution in [0.5, 0.6) is 0 Å². The second-order valence-electron chi connectivity index (χ2n) is 2.80. The van der Waals surface area contributed by atoms with E-state index in [2.05, 4.69) is 12.1 Å². The average molecular weight is 190 g/mol. The highest BCUT2D eigenvalue weighted by Gasteiger charge is 2.43. The molecule has 1 N–H and O–H groups in total. The van der Waals surface area contributed by atoms with Gasteiger partial charge in [-0.1, -0.05) is 22.9 Å². The largest absolute Gasteiger partial charge is 0.530 e. The van der Waals surface area contributed by atoms with Crippen molar-refractivity contribution in [3.05, 3.63) is 30.3 Å². The lowest BCUT2D eigenvalue weighted by atomic mass is 10.3. The fourth-order valence-corrected chi connectivity index (χ4v) is 1.23. The number of amides is 4. The van der Waals surface area contributed by atoms with Crippen LogP contribution in [0.4, 0.5) is 15.3 Å². The molecule has 1 fully saturated rings. The number of urea groups is 2. The van der Waals surface area contributed by atoms with Crippen LogP contribution >= 0.6 is 0 Å². The number of anilines is 1. The van der Waals surface area contributed by atoms with E-state index in [1.807, 2.05) is 6.07 Å². The number of carbonyl (C=O) groups excluding carboxylic acids is 2. The zero-order valence-electron chi connectivity index (χ0n) is 7.30. The van der Waals surface area contributed by atoms with E-state index < -0.39 is 12.1 Å². The highest BCUT2D eigenvalue weighted by atomic mass is 16.2. The summed E-state index contributed by atoms with van der Waals surface area (Å²) in [5.74, 6) is 0. The quantitative estimate of drug-likeness (QED) is 0.670. The summed E-state index contributed by atoms with van der Waals surface area (Å²) in [5, 5.41) is 0. The van der Waals surface area contributed by atoms with Gasteiger partial charge in [-0.25, -0.2) is 4.79 Å². The normalized spacial score (nSPS) is 16.0. The Hall–Kier alpha value is -2.17. The maximum Gasteiger partial charge on any atom is 0.530 e. The van der Waals surface area contributed by atoms with Crippen LogP contribution in [0.2, 0.25) is 0 Å². The van der Waals surface area contributed by atoms with Gasteiger partial charge in [-0.15, -0.1) is 10.3 Å². The van der Waals surface area contributed by atoms with Crippen LogP contribution in [-0.4, -0.2) is 23.5 Å². The highest BCUT2D eigenvalue weighted by molar-refractivity contribution is 6.13. The van der Waals surface area contributed by atoms with Crippen molar-refractivity contribution in [1.82, 2.24) is 5.43 Å². The summed E-state index contributed by atoms with van der Waals surface area (Å²) < 4.78 is 0.898. The maximum absolute atomic E-state index is 11.4. The summed E-state index contributed by atoms with van der Waals surface area (Å²) in [7, 11) is 0. The Balaban J connectivity index is 2.41. The first-order valence-corrected chi connectivity index (χ1v) is 4.00. The lowest BCUT2D eigenvalue weighted by molar-refractivity contribution is -0.454. The fourth-order valence-electron chi connectivity index (χ4n) is 1.23. The molecule has 0 aliphatic carbocycles. The Kier molecular flexibility index (Phi) is 1.78. The predicted molar refractivity (Wildman–Crippen MR) is 50.2 cm³/mol. The molecule has 0 spiro atoms. The van der Waals surface area contributed by atoms with Crippen LogP contribution in [0.25, 0.3) is 0 Å². The predicted octanol–water partition coefficient (Wildman–Crippen LogP) is 0.964. The summed E-state index contributed by atoms with van der Waals surface area (Å²) >= 11 is 0. The molecule has 0 atom stereocenters. The zero-order valence-corrected chi connectivity index (χ0v) is 7.30. The minimum atomic E-state index is -0.490. The summed E-state index contributed by atoms with van der Waals surface area (Å²) in [6.07, 6.45) is 0. The second-order valence-corrected chi connectivity index (χ2v) is 2.80. The van der Waals surface area contributed by atoms with E-state index in [-0.39, 0.29) is 0 Å². The SMILES string of the molecule is C=[N+]1NC(=O)N(c2ccccc2)C1=O. The average Bonchev–Trinajstić information content (AvgIpc) is 2.43.